The van der Waals surface area contributed by atoms with Crippen molar-refractivity contribution in [2.75, 3.05) is 12.0 Å². The normalized spacial score (nSPS) is 17.1. The molecule has 0 spiro atoms. The molecular formula is C29H23F3N5O6S2-. The number of halogens is 3. The summed E-state index contributed by atoms with van der Waals surface area (Å²) in [6, 6.07) is 24.7. The number of anilines is 1. The molecule has 0 aliphatic carbocycles. The number of carbonyl (C=O) groups is 2. The lowest BCUT2D eigenvalue weighted by atomic mass is 9.77. The number of alkyl halides is 3. The highest BCUT2D eigenvalue weighted by molar-refractivity contribution is 7.84. The largest absolute Gasteiger partial charge is 0.731 e. The van der Waals surface area contributed by atoms with Gasteiger partial charge in [-0.1, -0.05) is 96.2 Å². The van der Waals surface area contributed by atoms with E-state index in [2.05, 4.69) is 20.3 Å². The smallest absolute Gasteiger partial charge is 0.407 e. The quantitative estimate of drug-likeness (QED) is 0.0770. The molecule has 1 aliphatic rings. The van der Waals surface area contributed by atoms with E-state index in [0.29, 0.717) is 0 Å². The summed E-state index contributed by atoms with van der Waals surface area (Å²) in [7, 11) is -5.35. The average Bonchev–Trinajstić information content (AvgIpc) is 3.49. The predicted molar refractivity (Wildman–Crippen MR) is 157 cm³/mol. The number of β-lactam (4-membered cyclic amide) rings is 1. The van der Waals surface area contributed by atoms with Crippen molar-refractivity contribution in [2.45, 2.75) is 24.2 Å². The summed E-state index contributed by atoms with van der Waals surface area (Å²) in [6.45, 7) is -4.92. The van der Waals surface area contributed by atoms with E-state index in [9.17, 15) is 35.7 Å². The van der Waals surface area contributed by atoms with E-state index in [1.807, 2.05) is 96.3 Å². The number of amides is 2. The third-order valence-electron chi connectivity index (χ3n) is 6.96. The van der Waals surface area contributed by atoms with E-state index in [0.717, 1.165) is 28.0 Å². The maximum atomic E-state index is 13.5. The van der Waals surface area contributed by atoms with Crippen LogP contribution in [0.5, 0.6) is 0 Å². The zero-order chi connectivity index (χ0) is 32.2. The number of carbonyl (C=O) groups excluding carboxylic acids is 2. The second kappa shape index (κ2) is 13.1. The highest BCUT2D eigenvalue weighted by Crippen LogP contribution is 2.40. The SMILES string of the molecule is O=C(NC1C(=O)N(S(=O)(=O)[O-])C1CF)C(=NOC(F)F)c1csc(NC(c2ccccc2)(c2ccccc2)c2ccccc2)n1. The van der Waals surface area contributed by atoms with Crippen LogP contribution >= 0.6 is 11.3 Å². The van der Waals surface area contributed by atoms with E-state index in [-0.39, 0.29) is 15.1 Å². The molecule has 1 saturated heterocycles. The predicted octanol–water partition coefficient (Wildman–Crippen LogP) is 3.62. The van der Waals surface area contributed by atoms with Crippen molar-refractivity contribution in [1.82, 2.24) is 14.6 Å². The summed E-state index contributed by atoms with van der Waals surface area (Å²) >= 11 is 1.01. The second-order valence-electron chi connectivity index (χ2n) is 9.58. The number of oxime groups is 1. The molecule has 11 nitrogen and oxygen atoms in total. The Hall–Kier alpha value is -4.80. The maximum absolute atomic E-state index is 13.5. The highest BCUT2D eigenvalue weighted by atomic mass is 32.2. The first-order valence-electron chi connectivity index (χ1n) is 13.1. The van der Waals surface area contributed by atoms with Crippen LogP contribution in [0.2, 0.25) is 0 Å². The lowest BCUT2D eigenvalue weighted by Gasteiger charge is -2.45. The number of aromatic nitrogens is 1. The van der Waals surface area contributed by atoms with Gasteiger partial charge in [-0.2, -0.15) is 8.78 Å². The second-order valence-corrected chi connectivity index (χ2v) is 11.7. The van der Waals surface area contributed by atoms with Gasteiger partial charge in [0.05, 0.1) is 0 Å². The first-order valence-corrected chi connectivity index (χ1v) is 15.4. The fourth-order valence-electron chi connectivity index (χ4n) is 4.99. The van der Waals surface area contributed by atoms with Gasteiger partial charge in [0.1, 0.15) is 30.0 Å². The molecule has 0 saturated carbocycles. The molecule has 2 heterocycles. The van der Waals surface area contributed by atoms with E-state index >= 15 is 0 Å². The van der Waals surface area contributed by atoms with Crippen molar-refractivity contribution in [1.29, 1.82) is 0 Å². The Kier molecular flexibility index (Phi) is 9.17. The van der Waals surface area contributed by atoms with Crippen LogP contribution < -0.4 is 10.6 Å². The molecule has 1 aliphatic heterocycles. The van der Waals surface area contributed by atoms with Crippen LogP contribution in [0, 0.1) is 0 Å². The molecule has 4 aromatic rings. The first-order chi connectivity index (χ1) is 21.6. The highest BCUT2D eigenvalue weighted by Gasteiger charge is 2.52. The van der Waals surface area contributed by atoms with Gasteiger partial charge in [0.15, 0.2) is 21.1 Å². The number of rotatable bonds is 12. The number of thiazole rings is 1. The van der Waals surface area contributed by atoms with Gasteiger partial charge >= 0.3 is 6.61 Å². The minimum Gasteiger partial charge on any atom is -0.731 e. The Labute approximate surface area is 259 Å². The van der Waals surface area contributed by atoms with E-state index in [1.54, 1.807) is 0 Å². The number of hydrogen-bond acceptors (Lipinski definition) is 10. The zero-order valence-corrected chi connectivity index (χ0v) is 24.6. The number of hydrogen-bond donors (Lipinski definition) is 2. The van der Waals surface area contributed by atoms with Gasteiger partial charge in [-0.3, -0.25) is 9.59 Å². The summed E-state index contributed by atoms with van der Waals surface area (Å²) in [6.07, 6.45) is 0. The lowest BCUT2D eigenvalue weighted by Crippen LogP contribution is -2.73. The fourth-order valence-corrected chi connectivity index (χ4v) is 6.59. The van der Waals surface area contributed by atoms with E-state index in [4.69, 9.17) is 0 Å². The van der Waals surface area contributed by atoms with Gasteiger partial charge in [-0.15, -0.1) is 11.3 Å². The molecule has 1 aromatic heterocycles. The van der Waals surface area contributed by atoms with Crippen LogP contribution in [0.15, 0.2) is 102 Å². The van der Waals surface area contributed by atoms with Crippen molar-refractivity contribution >= 4 is 44.3 Å². The average molecular weight is 659 g/mol. The summed E-state index contributed by atoms with van der Waals surface area (Å²) in [5.41, 5.74) is 0.387. The molecule has 2 N–H and O–H groups in total. The third kappa shape index (κ3) is 6.38. The van der Waals surface area contributed by atoms with Crippen molar-refractivity contribution in [3.05, 3.63) is 119 Å². The van der Waals surface area contributed by atoms with E-state index in [1.165, 1.54) is 5.38 Å². The molecule has 0 bridgehead atoms. The number of benzene rings is 3. The summed E-state index contributed by atoms with van der Waals surface area (Å²) < 4.78 is 73.1. The molecule has 1 fully saturated rings. The van der Waals surface area contributed by atoms with Gasteiger partial charge < -0.3 is 20.0 Å². The van der Waals surface area contributed by atoms with Crippen molar-refractivity contribution in [3.63, 3.8) is 0 Å². The van der Waals surface area contributed by atoms with Gasteiger partial charge in [0.25, 0.3) is 11.8 Å². The fraction of sp³-hybridized carbons (Fsp3) is 0.172. The zero-order valence-electron chi connectivity index (χ0n) is 22.9. The van der Waals surface area contributed by atoms with Gasteiger partial charge in [-0.25, -0.2) is 22.1 Å². The minimum atomic E-state index is -5.35. The lowest BCUT2D eigenvalue weighted by molar-refractivity contribution is -0.145. The molecule has 3 aromatic carbocycles. The van der Waals surface area contributed by atoms with Gasteiger partial charge in [-0.05, 0) is 16.7 Å². The third-order valence-corrected chi connectivity index (χ3v) is 8.65. The molecule has 0 radical (unpaired) electrons. The van der Waals surface area contributed by atoms with Crippen LogP contribution in [-0.4, -0.2) is 65.2 Å². The standard InChI is InChI=1S/C29H24F3N5O6S2/c30-16-22-24(26(39)37(22)45(40,41)42)34-25(38)23(36-43-27(31)32)21-17-44-28(33-21)35-29(18-10-4-1-5-11-18,19-12-6-2-7-13-19)20-14-8-3-9-15-20/h1-15,17,22,24,27H,16H2,(H,33,35)(H,34,38)(H,40,41,42)/p-1. The molecule has 2 amide bonds. The summed E-state index contributed by atoms with van der Waals surface area (Å²) in [4.78, 5) is 33.8. The van der Waals surface area contributed by atoms with Gasteiger partial charge in [0.2, 0.25) is 0 Å². The molecule has 2 unspecified atom stereocenters. The Morgan fingerprint density at radius 1 is 1.00 bits per heavy atom. The van der Waals surface area contributed by atoms with Crippen LogP contribution in [0.3, 0.4) is 0 Å². The molecule has 2 atom stereocenters. The van der Waals surface area contributed by atoms with E-state index < -0.39 is 58.7 Å². The van der Waals surface area contributed by atoms with Crippen molar-refractivity contribution in [3.8, 4) is 0 Å². The van der Waals surface area contributed by atoms with Crippen LogP contribution in [0.1, 0.15) is 22.4 Å². The van der Waals surface area contributed by atoms with Crippen LogP contribution in [0.25, 0.3) is 0 Å². The molecule has 5 rings (SSSR count). The summed E-state index contributed by atoms with van der Waals surface area (Å²) in [5, 5.41) is 10.2. The Bertz CT molecular complexity index is 1700. The number of nitrogens with one attached hydrogen (secondary N) is 2. The monoisotopic (exact) mass is 658 g/mol. The van der Waals surface area contributed by atoms with Crippen molar-refractivity contribution in [2.24, 2.45) is 5.16 Å². The maximum Gasteiger partial charge on any atom is 0.407 e. The summed E-state index contributed by atoms with van der Waals surface area (Å²) in [5.74, 6) is -2.69. The Morgan fingerprint density at radius 3 is 1.96 bits per heavy atom. The molecule has 45 heavy (non-hydrogen) atoms. The van der Waals surface area contributed by atoms with Crippen molar-refractivity contribution < 1.29 is 40.6 Å². The molecule has 16 heteroatoms. The van der Waals surface area contributed by atoms with Crippen LogP contribution in [0.4, 0.5) is 18.3 Å². The molecule has 234 valence electrons. The topological polar surface area (TPSA) is 153 Å². The Balaban J connectivity index is 1.52. The van der Waals surface area contributed by atoms with Gasteiger partial charge in [0, 0.05) is 5.38 Å². The number of nitrogens with zero attached hydrogens (tertiary/aromatic N) is 3. The first kappa shape index (κ1) is 31.6. The van der Waals surface area contributed by atoms with Crippen LogP contribution in [-0.2, 0) is 30.3 Å². The minimum absolute atomic E-state index is 0.226. The Morgan fingerprint density at radius 2 is 1.51 bits per heavy atom. The molecular weight excluding hydrogens is 635 g/mol.